The second-order valence-electron chi connectivity index (χ2n) is 10.1. The summed E-state index contributed by atoms with van der Waals surface area (Å²) in [6.07, 6.45) is 20.2. The largest absolute Gasteiger partial charge is 0.326 e. The van der Waals surface area contributed by atoms with E-state index in [2.05, 4.69) is 11.4 Å². The number of nitrogens with zero attached hydrogens (tertiary/aromatic N) is 2. The first-order valence-corrected chi connectivity index (χ1v) is 11.6. The minimum absolute atomic E-state index is 0.122. The van der Waals surface area contributed by atoms with Gasteiger partial charge >= 0.3 is 0 Å². The third kappa shape index (κ3) is 4.19. The van der Waals surface area contributed by atoms with Crippen LogP contribution in [0.4, 0.5) is 0 Å². The van der Waals surface area contributed by atoms with Crippen molar-refractivity contribution in [1.29, 1.82) is 5.26 Å². The Balaban J connectivity index is 1.20. The average Bonchev–Trinajstić information content (AvgIpc) is 3.20. The molecule has 150 valence electrons. The quantitative estimate of drug-likeness (QED) is 0.792. The Morgan fingerprint density at radius 3 is 2.15 bits per heavy atom. The van der Waals surface area contributed by atoms with Crippen molar-refractivity contribution in [3.05, 3.63) is 0 Å². The van der Waals surface area contributed by atoms with E-state index in [-0.39, 0.29) is 11.9 Å². The Kier molecular flexibility index (Phi) is 5.78. The van der Waals surface area contributed by atoms with Crippen LogP contribution in [0.15, 0.2) is 0 Å². The molecular weight excluding hydrogens is 334 g/mol. The smallest absolute Gasteiger partial charge is 0.237 e. The molecule has 0 unspecified atom stereocenters. The number of nitriles is 1. The summed E-state index contributed by atoms with van der Waals surface area (Å²) in [7, 11) is 0. The van der Waals surface area contributed by atoms with E-state index < -0.39 is 0 Å². The highest BCUT2D eigenvalue weighted by atomic mass is 16.2. The third-order valence-corrected chi connectivity index (χ3v) is 8.60. The number of hydrogen-bond acceptors (Lipinski definition) is 3. The van der Waals surface area contributed by atoms with Crippen molar-refractivity contribution in [3.63, 3.8) is 0 Å². The van der Waals surface area contributed by atoms with Crippen LogP contribution in [0.2, 0.25) is 0 Å². The first kappa shape index (κ1) is 19.2. The van der Waals surface area contributed by atoms with Gasteiger partial charge in [0, 0.05) is 12.6 Å². The molecule has 0 aromatic rings. The maximum Gasteiger partial charge on any atom is 0.237 e. The lowest BCUT2D eigenvalue weighted by Crippen LogP contribution is -2.46. The number of carbonyl (C=O) groups is 1. The number of likely N-dealkylation sites (tertiary alicyclic amines) is 1. The fraction of sp³-hybridized carbons (Fsp3) is 0.913. The van der Waals surface area contributed by atoms with Crippen molar-refractivity contribution in [1.82, 2.24) is 10.2 Å². The van der Waals surface area contributed by atoms with E-state index >= 15 is 0 Å². The Morgan fingerprint density at radius 1 is 0.889 bits per heavy atom. The summed E-state index contributed by atoms with van der Waals surface area (Å²) in [6.45, 7) is 1.17. The molecule has 0 aromatic heterocycles. The van der Waals surface area contributed by atoms with Gasteiger partial charge in [-0.05, 0) is 87.9 Å². The van der Waals surface area contributed by atoms with E-state index in [1.165, 1.54) is 83.5 Å². The van der Waals surface area contributed by atoms with Crippen molar-refractivity contribution in [2.45, 2.75) is 108 Å². The van der Waals surface area contributed by atoms with E-state index in [0.29, 0.717) is 18.0 Å². The summed E-state index contributed by atoms with van der Waals surface area (Å²) in [5.74, 6) is 0.122. The van der Waals surface area contributed by atoms with Gasteiger partial charge in [-0.3, -0.25) is 4.79 Å². The highest BCUT2D eigenvalue weighted by molar-refractivity contribution is 5.79. The predicted octanol–water partition coefficient (Wildman–Crippen LogP) is 4.54. The van der Waals surface area contributed by atoms with Crippen LogP contribution in [0.25, 0.3) is 0 Å². The first-order chi connectivity index (χ1) is 13.1. The van der Waals surface area contributed by atoms with Gasteiger partial charge in [-0.2, -0.15) is 5.26 Å². The van der Waals surface area contributed by atoms with Gasteiger partial charge in [0.25, 0.3) is 0 Å². The Morgan fingerprint density at radius 2 is 1.52 bits per heavy atom. The zero-order valence-electron chi connectivity index (χ0n) is 17.0. The zero-order valence-corrected chi connectivity index (χ0v) is 17.0. The SMILES string of the molecule is N#C[C@@H]1CCCN1C(=O)CNC1CCC2(CC1)CCC1(CCCCC1)CC2. The monoisotopic (exact) mass is 371 g/mol. The standard InChI is InChI=1S/C23H37N3O/c24-17-20-5-4-16-26(20)21(27)18-25-19-6-10-23(11-7-19)14-12-22(13-15-23)8-2-1-3-9-22/h19-20,25H,1-16,18H2/t20-/m0/s1. The molecule has 1 saturated heterocycles. The lowest BCUT2D eigenvalue weighted by atomic mass is 9.55. The zero-order chi connectivity index (χ0) is 18.7. The lowest BCUT2D eigenvalue weighted by molar-refractivity contribution is -0.130. The van der Waals surface area contributed by atoms with Crippen LogP contribution in [0.3, 0.4) is 0 Å². The summed E-state index contributed by atoms with van der Waals surface area (Å²) in [5.41, 5.74) is 1.34. The molecule has 0 bridgehead atoms. The summed E-state index contributed by atoms with van der Waals surface area (Å²) < 4.78 is 0. The van der Waals surface area contributed by atoms with E-state index in [0.717, 1.165) is 24.8 Å². The van der Waals surface area contributed by atoms with Crippen molar-refractivity contribution in [2.24, 2.45) is 10.8 Å². The van der Waals surface area contributed by atoms with Gasteiger partial charge < -0.3 is 10.2 Å². The molecule has 4 heteroatoms. The molecule has 27 heavy (non-hydrogen) atoms. The number of carbonyl (C=O) groups excluding carboxylic acids is 1. The highest BCUT2D eigenvalue weighted by Crippen LogP contribution is 2.56. The normalized spacial score (nSPS) is 30.5. The number of amides is 1. The number of rotatable bonds is 3. The highest BCUT2D eigenvalue weighted by Gasteiger charge is 2.44. The van der Waals surface area contributed by atoms with Crippen molar-refractivity contribution < 1.29 is 4.79 Å². The summed E-state index contributed by atoms with van der Waals surface area (Å²) in [4.78, 5) is 14.2. The van der Waals surface area contributed by atoms with Gasteiger partial charge in [0.1, 0.15) is 6.04 Å². The molecule has 4 rings (SSSR count). The Hall–Kier alpha value is -1.08. The molecule has 1 atom stereocenters. The molecule has 0 aromatic carbocycles. The first-order valence-electron chi connectivity index (χ1n) is 11.6. The van der Waals surface area contributed by atoms with E-state index in [9.17, 15) is 10.1 Å². The molecule has 3 aliphatic carbocycles. The molecule has 0 radical (unpaired) electrons. The van der Waals surface area contributed by atoms with Crippen LogP contribution in [0, 0.1) is 22.2 Å². The van der Waals surface area contributed by atoms with E-state index in [1.807, 2.05) is 0 Å². The maximum absolute atomic E-state index is 12.4. The topological polar surface area (TPSA) is 56.1 Å². The van der Waals surface area contributed by atoms with Gasteiger partial charge in [-0.15, -0.1) is 0 Å². The molecule has 4 nitrogen and oxygen atoms in total. The molecule has 2 spiro atoms. The van der Waals surface area contributed by atoms with Crippen LogP contribution in [0.1, 0.15) is 96.3 Å². The van der Waals surface area contributed by atoms with Crippen molar-refractivity contribution >= 4 is 5.91 Å². The van der Waals surface area contributed by atoms with Crippen molar-refractivity contribution in [2.75, 3.05) is 13.1 Å². The van der Waals surface area contributed by atoms with Crippen molar-refractivity contribution in [3.8, 4) is 6.07 Å². The molecule has 1 N–H and O–H groups in total. The van der Waals surface area contributed by atoms with Crippen LogP contribution < -0.4 is 5.32 Å². The fourth-order valence-electron chi connectivity index (χ4n) is 6.58. The minimum Gasteiger partial charge on any atom is -0.326 e. The van der Waals surface area contributed by atoms with Gasteiger partial charge in [0.15, 0.2) is 0 Å². The lowest BCUT2D eigenvalue weighted by Gasteiger charge is -2.51. The third-order valence-electron chi connectivity index (χ3n) is 8.60. The van der Waals surface area contributed by atoms with Crippen LogP contribution in [-0.4, -0.2) is 36.0 Å². The Bertz CT molecular complexity index is 555. The van der Waals surface area contributed by atoms with Crippen LogP contribution in [-0.2, 0) is 4.79 Å². The molecule has 4 fully saturated rings. The molecule has 4 aliphatic rings. The minimum atomic E-state index is -0.191. The van der Waals surface area contributed by atoms with E-state index in [4.69, 9.17) is 0 Å². The predicted molar refractivity (Wildman–Crippen MR) is 107 cm³/mol. The second kappa shape index (κ2) is 8.11. The number of nitrogens with one attached hydrogen (secondary N) is 1. The summed E-state index contributed by atoms with van der Waals surface area (Å²) in [6, 6.07) is 2.58. The van der Waals surface area contributed by atoms with Gasteiger partial charge in [0.2, 0.25) is 5.91 Å². The average molecular weight is 372 g/mol. The van der Waals surface area contributed by atoms with E-state index in [1.54, 1.807) is 4.90 Å². The summed E-state index contributed by atoms with van der Waals surface area (Å²) in [5, 5.41) is 12.7. The second-order valence-corrected chi connectivity index (χ2v) is 10.1. The van der Waals surface area contributed by atoms with Gasteiger partial charge in [-0.25, -0.2) is 0 Å². The van der Waals surface area contributed by atoms with Gasteiger partial charge in [-0.1, -0.05) is 19.3 Å². The van der Waals surface area contributed by atoms with Crippen LogP contribution >= 0.6 is 0 Å². The number of hydrogen-bond donors (Lipinski definition) is 1. The summed E-state index contributed by atoms with van der Waals surface area (Å²) >= 11 is 0. The molecule has 1 heterocycles. The molecular formula is C23H37N3O. The van der Waals surface area contributed by atoms with Crippen LogP contribution in [0.5, 0.6) is 0 Å². The maximum atomic E-state index is 12.4. The molecule has 3 saturated carbocycles. The molecule has 1 aliphatic heterocycles. The van der Waals surface area contributed by atoms with Gasteiger partial charge in [0.05, 0.1) is 12.6 Å². The molecule has 1 amide bonds. The Labute approximate surface area is 165 Å². The fourth-order valence-corrected chi connectivity index (χ4v) is 6.58.